The summed E-state index contributed by atoms with van der Waals surface area (Å²) >= 11 is 0. The van der Waals surface area contributed by atoms with Crippen LogP contribution in [0.2, 0.25) is 0 Å². The van der Waals surface area contributed by atoms with Gasteiger partial charge in [-0.25, -0.2) is 4.98 Å². The quantitative estimate of drug-likeness (QED) is 0.668. The zero-order valence-corrected chi connectivity index (χ0v) is 13.8. The van der Waals surface area contributed by atoms with E-state index in [0.717, 1.165) is 31.2 Å². The molecule has 3 rings (SSSR count). The highest BCUT2D eigenvalue weighted by Crippen LogP contribution is 2.21. The van der Waals surface area contributed by atoms with Gasteiger partial charge in [-0.2, -0.15) is 5.26 Å². The molecule has 0 radical (unpaired) electrons. The predicted molar refractivity (Wildman–Crippen MR) is 90.4 cm³/mol. The summed E-state index contributed by atoms with van der Waals surface area (Å²) in [6, 6.07) is 8.52. The minimum atomic E-state index is -1.32. The highest BCUT2D eigenvalue weighted by molar-refractivity contribution is 6.12. The standard InChI is InChI=1S/C19H19N3O3/c20-10-16(19(24)22-15-4-2-1-3-5-15)18(23)14-8-6-13(7-9-14)17-11-21-12-25-17/h6-9,11-12,15-16H,1-5H2,(H,22,24)/t16-/m1/s1. The van der Waals surface area contributed by atoms with Crippen LogP contribution in [0, 0.1) is 17.2 Å². The van der Waals surface area contributed by atoms with Crippen molar-refractivity contribution in [2.45, 2.75) is 38.1 Å². The Morgan fingerprint density at radius 1 is 1.20 bits per heavy atom. The van der Waals surface area contributed by atoms with Crippen molar-refractivity contribution >= 4 is 11.7 Å². The Bertz CT molecular complexity index is 769. The summed E-state index contributed by atoms with van der Waals surface area (Å²) in [5.74, 6) is -1.72. The number of Topliss-reactive ketones (excluding diaryl/α,β-unsaturated/α-hetero) is 1. The van der Waals surface area contributed by atoms with Gasteiger partial charge in [-0.3, -0.25) is 9.59 Å². The molecule has 1 amide bonds. The summed E-state index contributed by atoms with van der Waals surface area (Å²) in [5, 5.41) is 12.2. The molecule has 0 unspecified atom stereocenters. The van der Waals surface area contributed by atoms with Gasteiger partial charge in [-0.05, 0) is 12.8 Å². The summed E-state index contributed by atoms with van der Waals surface area (Å²) in [6.45, 7) is 0. The van der Waals surface area contributed by atoms with Crippen LogP contribution in [-0.4, -0.2) is 22.7 Å². The first-order valence-electron chi connectivity index (χ1n) is 8.42. The highest BCUT2D eigenvalue weighted by Gasteiger charge is 2.29. The second-order valence-corrected chi connectivity index (χ2v) is 6.21. The molecule has 1 N–H and O–H groups in total. The van der Waals surface area contributed by atoms with Gasteiger partial charge in [-0.15, -0.1) is 0 Å². The third-order valence-corrected chi connectivity index (χ3v) is 4.49. The van der Waals surface area contributed by atoms with Crippen LogP contribution >= 0.6 is 0 Å². The predicted octanol–water partition coefficient (Wildman–Crippen LogP) is 3.11. The highest BCUT2D eigenvalue weighted by atomic mass is 16.3. The Balaban J connectivity index is 1.69. The Morgan fingerprint density at radius 3 is 2.52 bits per heavy atom. The number of benzene rings is 1. The average Bonchev–Trinajstić information content (AvgIpc) is 3.18. The number of ketones is 1. The first-order valence-corrected chi connectivity index (χ1v) is 8.42. The third kappa shape index (κ3) is 3.94. The van der Waals surface area contributed by atoms with Crippen LogP contribution in [0.1, 0.15) is 42.5 Å². The lowest BCUT2D eigenvalue weighted by molar-refractivity contribution is -0.123. The molecule has 1 saturated carbocycles. The van der Waals surface area contributed by atoms with Crippen molar-refractivity contribution in [1.29, 1.82) is 5.26 Å². The molecule has 0 bridgehead atoms. The summed E-state index contributed by atoms with van der Waals surface area (Å²) in [5.41, 5.74) is 1.10. The van der Waals surface area contributed by atoms with Gasteiger partial charge < -0.3 is 9.73 Å². The Morgan fingerprint density at radius 2 is 1.92 bits per heavy atom. The molecular formula is C19H19N3O3. The van der Waals surface area contributed by atoms with Crippen LogP contribution < -0.4 is 5.32 Å². The first-order chi connectivity index (χ1) is 12.2. The van der Waals surface area contributed by atoms with Crippen LogP contribution in [0.5, 0.6) is 0 Å². The number of oxazole rings is 1. The van der Waals surface area contributed by atoms with E-state index in [0.29, 0.717) is 11.3 Å². The van der Waals surface area contributed by atoms with Gasteiger partial charge in [0.2, 0.25) is 5.91 Å². The van der Waals surface area contributed by atoms with Crippen LogP contribution in [0.15, 0.2) is 41.3 Å². The Kier molecular flexibility index (Phi) is 5.24. The molecule has 1 aliphatic carbocycles. The number of hydrogen-bond donors (Lipinski definition) is 1. The molecule has 2 aromatic rings. The summed E-state index contributed by atoms with van der Waals surface area (Å²) in [4.78, 5) is 28.7. The number of hydrogen-bond acceptors (Lipinski definition) is 5. The summed E-state index contributed by atoms with van der Waals surface area (Å²) < 4.78 is 5.20. The maximum absolute atomic E-state index is 12.5. The lowest BCUT2D eigenvalue weighted by Gasteiger charge is -2.23. The maximum atomic E-state index is 12.5. The largest absolute Gasteiger partial charge is 0.444 e. The summed E-state index contributed by atoms with van der Waals surface area (Å²) in [6.07, 6.45) is 8.03. The minimum Gasteiger partial charge on any atom is -0.444 e. The molecule has 128 valence electrons. The maximum Gasteiger partial charge on any atom is 0.245 e. The lowest BCUT2D eigenvalue weighted by atomic mass is 9.93. The fourth-order valence-corrected chi connectivity index (χ4v) is 3.09. The van der Waals surface area contributed by atoms with Crippen molar-refractivity contribution in [2.24, 2.45) is 5.92 Å². The van der Waals surface area contributed by atoms with Crippen molar-refractivity contribution in [3.05, 3.63) is 42.4 Å². The minimum absolute atomic E-state index is 0.0683. The molecule has 25 heavy (non-hydrogen) atoms. The van der Waals surface area contributed by atoms with E-state index in [1.54, 1.807) is 30.5 Å². The van der Waals surface area contributed by atoms with Crippen LogP contribution in [-0.2, 0) is 4.79 Å². The van der Waals surface area contributed by atoms with Gasteiger partial charge in [-0.1, -0.05) is 43.5 Å². The molecule has 0 saturated heterocycles. The van der Waals surface area contributed by atoms with Crippen LogP contribution in [0.3, 0.4) is 0 Å². The van der Waals surface area contributed by atoms with Crippen molar-refractivity contribution in [3.8, 4) is 17.4 Å². The lowest BCUT2D eigenvalue weighted by Crippen LogP contribution is -2.42. The van der Waals surface area contributed by atoms with Crippen molar-refractivity contribution in [3.63, 3.8) is 0 Å². The summed E-state index contributed by atoms with van der Waals surface area (Å²) in [7, 11) is 0. The van der Waals surface area contributed by atoms with E-state index in [4.69, 9.17) is 4.42 Å². The molecule has 1 atom stereocenters. The second kappa shape index (κ2) is 7.75. The van der Waals surface area contributed by atoms with Gasteiger partial charge in [0.15, 0.2) is 23.9 Å². The molecule has 6 heteroatoms. The molecule has 1 aromatic heterocycles. The zero-order chi connectivity index (χ0) is 17.6. The number of aromatic nitrogens is 1. The van der Waals surface area contributed by atoms with E-state index >= 15 is 0 Å². The number of rotatable bonds is 5. The van der Waals surface area contributed by atoms with Crippen molar-refractivity contribution in [1.82, 2.24) is 10.3 Å². The number of amides is 1. The van der Waals surface area contributed by atoms with E-state index in [9.17, 15) is 14.9 Å². The van der Waals surface area contributed by atoms with Crippen LogP contribution in [0.4, 0.5) is 0 Å². The normalized spacial score (nSPS) is 16.0. The molecule has 0 aliphatic heterocycles. The fourth-order valence-electron chi connectivity index (χ4n) is 3.09. The molecule has 6 nitrogen and oxygen atoms in total. The van der Waals surface area contributed by atoms with E-state index in [-0.39, 0.29) is 6.04 Å². The Labute approximate surface area is 145 Å². The fraction of sp³-hybridized carbons (Fsp3) is 0.368. The molecule has 1 fully saturated rings. The molecular weight excluding hydrogens is 318 g/mol. The van der Waals surface area contributed by atoms with E-state index < -0.39 is 17.6 Å². The monoisotopic (exact) mass is 337 g/mol. The number of nitrogens with one attached hydrogen (secondary N) is 1. The van der Waals surface area contributed by atoms with E-state index in [2.05, 4.69) is 10.3 Å². The van der Waals surface area contributed by atoms with Crippen molar-refractivity contribution < 1.29 is 14.0 Å². The number of nitrogens with zero attached hydrogens (tertiary/aromatic N) is 2. The SMILES string of the molecule is N#C[C@@H](C(=O)NC1CCCCC1)C(=O)c1ccc(-c2cnco2)cc1. The zero-order valence-electron chi connectivity index (χ0n) is 13.8. The van der Waals surface area contributed by atoms with Gasteiger partial charge in [0.05, 0.1) is 12.3 Å². The van der Waals surface area contributed by atoms with E-state index in [1.807, 2.05) is 6.07 Å². The number of carbonyl (C=O) groups excluding carboxylic acids is 2. The molecule has 1 heterocycles. The first kappa shape index (κ1) is 16.9. The van der Waals surface area contributed by atoms with Gasteiger partial charge in [0, 0.05) is 17.2 Å². The third-order valence-electron chi connectivity index (χ3n) is 4.49. The number of nitriles is 1. The average molecular weight is 337 g/mol. The van der Waals surface area contributed by atoms with E-state index in [1.165, 1.54) is 12.8 Å². The van der Waals surface area contributed by atoms with Crippen molar-refractivity contribution in [2.75, 3.05) is 0 Å². The topological polar surface area (TPSA) is 96.0 Å². The van der Waals surface area contributed by atoms with Crippen LogP contribution in [0.25, 0.3) is 11.3 Å². The molecule has 0 spiro atoms. The smallest absolute Gasteiger partial charge is 0.245 e. The molecule has 1 aliphatic rings. The Hall–Kier alpha value is -2.94. The molecule has 1 aromatic carbocycles. The van der Waals surface area contributed by atoms with Gasteiger partial charge in [0.1, 0.15) is 0 Å². The second-order valence-electron chi connectivity index (χ2n) is 6.21. The van der Waals surface area contributed by atoms with Gasteiger partial charge in [0.25, 0.3) is 0 Å². The van der Waals surface area contributed by atoms with Gasteiger partial charge >= 0.3 is 0 Å². The number of carbonyl (C=O) groups is 2.